The Morgan fingerprint density at radius 2 is 1.88 bits per heavy atom. The van der Waals surface area contributed by atoms with Gasteiger partial charge in [-0.15, -0.1) is 12.4 Å². The van der Waals surface area contributed by atoms with E-state index in [2.05, 4.69) is 15.9 Å². The van der Waals surface area contributed by atoms with E-state index >= 15 is 0 Å². The molecular formula is C11H16BrCl2NO. The van der Waals surface area contributed by atoms with Crippen LogP contribution in [0.3, 0.4) is 0 Å². The highest BCUT2D eigenvalue weighted by atomic mass is 79.9. The molecule has 0 saturated heterocycles. The van der Waals surface area contributed by atoms with Gasteiger partial charge < -0.3 is 10.8 Å². The maximum atomic E-state index is 9.87. The molecule has 0 heterocycles. The first kappa shape index (κ1) is 16.0. The van der Waals surface area contributed by atoms with Crippen LogP contribution in [-0.2, 0) is 0 Å². The summed E-state index contributed by atoms with van der Waals surface area (Å²) < 4.78 is 0.574. The quantitative estimate of drug-likeness (QED) is 0.808. The first-order chi connectivity index (χ1) is 6.73. The zero-order chi connectivity index (χ0) is 11.8. The van der Waals surface area contributed by atoms with Crippen molar-refractivity contribution in [1.82, 2.24) is 0 Å². The number of nitrogens with two attached hydrogens (primary N) is 1. The molecule has 1 aromatic carbocycles. The minimum Gasteiger partial charge on any atom is -0.506 e. The maximum Gasteiger partial charge on any atom is 0.134 e. The highest BCUT2D eigenvalue weighted by Crippen LogP contribution is 2.40. The molecule has 0 aliphatic carbocycles. The second-order valence-corrected chi connectivity index (χ2v) is 5.96. The first-order valence-corrected chi connectivity index (χ1v) is 5.84. The van der Waals surface area contributed by atoms with Crippen molar-refractivity contribution in [3.8, 4) is 5.75 Å². The van der Waals surface area contributed by atoms with Gasteiger partial charge in [-0.1, -0.05) is 32.4 Å². The SMILES string of the molecule is CC(C)(C)[C@H](N)c1cc(Cl)cc(Br)c1O.Cl. The summed E-state index contributed by atoms with van der Waals surface area (Å²) >= 11 is 9.16. The minimum absolute atomic E-state index is 0. The summed E-state index contributed by atoms with van der Waals surface area (Å²) in [6.07, 6.45) is 0. The van der Waals surface area contributed by atoms with Crippen LogP contribution in [0.2, 0.25) is 5.02 Å². The van der Waals surface area contributed by atoms with Gasteiger partial charge in [0.15, 0.2) is 0 Å². The van der Waals surface area contributed by atoms with E-state index in [-0.39, 0.29) is 29.6 Å². The average Bonchev–Trinajstić information content (AvgIpc) is 2.08. The molecule has 0 spiro atoms. The zero-order valence-electron chi connectivity index (χ0n) is 9.42. The van der Waals surface area contributed by atoms with E-state index in [9.17, 15) is 5.11 Å². The average molecular weight is 329 g/mol. The van der Waals surface area contributed by atoms with Crippen molar-refractivity contribution in [2.45, 2.75) is 26.8 Å². The van der Waals surface area contributed by atoms with Crippen molar-refractivity contribution < 1.29 is 5.11 Å². The number of phenolic OH excluding ortho intramolecular Hbond substituents is 1. The van der Waals surface area contributed by atoms with Crippen LogP contribution in [0.15, 0.2) is 16.6 Å². The van der Waals surface area contributed by atoms with E-state index in [1.165, 1.54) is 0 Å². The minimum atomic E-state index is -0.257. The van der Waals surface area contributed by atoms with Gasteiger partial charge in [-0.3, -0.25) is 0 Å². The number of hydrogen-bond acceptors (Lipinski definition) is 2. The van der Waals surface area contributed by atoms with E-state index in [1.54, 1.807) is 12.1 Å². The fourth-order valence-corrected chi connectivity index (χ4v) is 2.12. The number of rotatable bonds is 1. The van der Waals surface area contributed by atoms with Crippen molar-refractivity contribution in [2.75, 3.05) is 0 Å². The fraction of sp³-hybridized carbons (Fsp3) is 0.455. The van der Waals surface area contributed by atoms with E-state index in [4.69, 9.17) is 17.3 Å². The van der Waals surface area contributed by atoms with Crippen molar-refractivity contribution >= 4 is 39.9 Å². The molecule has 0 aliphatic rings. The molecule has 0 bridgehead atoms. The standard InChI is InChI=1S/C11H15BrClNO.ClH/c1-11(2,3)10(14)7-4-6(13)5-8(12)9(7)15;/h4-5,10,15H,14H2,1-3H3;1H/t10-;/m1./s1. The van der Waals surface area contributed by atoms with Crippen LogP contribution in [-0.4, -0.2) is 5.11 Å². The Balaban J connectivity index is 0.00000225. The molecular weight excluding hydrogens is 313 g/mol. The summed E-state index contributed by atoms with van der Waals surface area (Å²) in [5.41, 5.74) is 6.62. The van der Waals surface area contributed by atoms with Gasteiger partial charge in [0.1, 0.15) is 5.75 Å². The second-order valence-electron chi connectivity index (χ2n) is 4.67. The van der Waals surface area contributed by atoms with Gasteiger partial charge in [-0.05, 0) is 33.5 Å². The molecule has 2 nitrogen and oxygen atoms in total. The second kappa shape index (κ2) is 5.58. The molecule has 0 aliphatic heterocycles. The Morgan fingerprint density at radius 1 is 1.38 bits per heavy atom. The molecule has 3 N–H and O–H groups in total. The smallest absolute Gasteiger partial charge is 0.134 e. The number of aromatic hydroxyl groups is 1. The molecule has 1 atom stereocenters. The molecule has 5 heteroatoms. The Morgan fingerprint density at radius 3 is 2.31 bits per heavy atom. The maximum absolute atomic E-state index is 9.87. The van der Waals surface area contributed by atoms with Crippen LogP contribution in [0.1, 0.15) is 32.4 Å². The third kappa shape index (κ3) is 3.52. The third-order valence-corrected chi connectivity index (χ3v) is 3.15. The Kier molecular flexibility index (Phi) is 5.60. The summed E-state index contributed by atoms with van der Waals surface area (Å²) in [7, 11) is 0. The summed E-state index contributed by atoms with van der Waals surface area (Å²) in [5.74, 6) is 0.168. The van der Waals surface area contributed by atoms with Gasteiger partial charge in [-0.2, -0.15) is 0 Å². The topological polar surface area (TPSA) is 46.2 Å². The van der Waals surface area contributed by atoms with Crippen molar-refractivity contribution in [3.63, 3.8) is 0 Å². The van der Waals surface area contributed by atoms with Gasteiger partial charge in [0.05, 0.1) is 4.47 Å². The Hall–Kier alpha value is 0.0400. The van der Waals surface area contributed by atoms with E-state index in [0.29, 0.717) is 15.1 Å². The molecule has 0 radical (unpaired) electrons. The molecule has 1 rings (SSSR count). The summed E-state index contributed by atoms with van der Waals surface area (Å²) in [5, 5.41) is 10.4. The summed E-state index contributed by atoms with van der Waals surface area (Å²) in [6.45, 7) is 6.06. The molecule has 0 unspecified atom stereocenters. The normalized spacial score (nSPS) is 13.1. The van der Waals surface area contributed by atoms with Gasteiger partial charge in [0, 0.05) is 16.6 Å². The monoisotopic (exact) mass is 327 g/mol. The fourth-order valence-electron chi connectivity index (χ4n) is 1.29. The van der Waals surface area contributed by atoms with Crippen LogP contribution < -0.4 is 5.73 Å². The van der Waals surface area contributed by atoms with Crippen LogP contribution in [0.5, 0.6) is 5.75 Å². The lowest BCUT2D eigenvalue weighted by Gasteiger charge is -2.28. The van der Waals surface area contributed by atoms with Crippen LogP contribution in [0, 0.1) is 5.41 Å². The molecule has 0 saturated carbocycles. The van der Waals surface area contributed by atoms with E-state index in [1.807, 2.05) is 20.8 Å². The van der Waals surface area contributed by atoms with Crippen LogP contribution in [0.4, 0.5) is 0 Å². The predicted molar refractivity (Wildman–Crippen MR) is 74.4 cm³/mol. The zero-order valence-corrected chi connectivity index (χ0v) is 12.6. The van der Waals surface area contributed by atoms with Crippen LogP contribution >= 0.6 is 39.9 Å². The lowest BCUT2D eigenvalue weighted by Crippen LogP contribution is -2.26. The Bertz CT molecular complexity index is 377. The number of phenols is 1. The summed E-state index contributed by atoms with van der Waals surface area (Å²) in [6, 6.07) is 3.10. The van der Waals surface area contributed by atoms with Crippen molar-refractivity contribution in [1.29, 1.82) is 0 Å². The van der Waals surface area contributed by atoms with Crippen molar-refractivity contribution in [3.05, 3.63) is 27.2 Å². The highest BCUT2D eigenvalue weighted by molar-refractivity contribution is 9.10. The highest BCUT2D eigenvalue weighted by Gasteiger charge is 2.25. The lowest BCUT2D eigenvalue weighted by atomic mass is 9.83. The summed E-state index contributed by atoms with van der Waals surface area (Å²) in [4.78, 5) is 0. The van der Waals surface area contributed by atoms with Gasteiger partial charge in [-0.25, -0.2) is 0 Å². The predicted octanol–water partition coefficient (Wildman–Crippen LogP) is 4.28. The molecule has 1 aromatic rings. The number of benzene rings is 1. The van der Waals surface area contributed by atoms with Gasteiger partial charge in [0.25, 0.3) is 0 Å². The van der Waals surface area contributed by atoms with Crippen molar-refractivity contribution in [2.24, 2.45) is 11.1 Å². The van der Waals surface area contributed by atoms with Gasteiger partial charge >= 0.3 is 0 Å². The molecule has 92 valence electrons. The van der Waals surface area contributed by atoms with E-state index < -0.39 is 0 Å². The molecule has 0 fully saturated rings. The largest absolute Gasteiger partial charge is 0.506 e. The third-order valence-electron chi connectivity index (χ3n) is 2.33. The molecule has 0 aromatic heterocycles. The van der Waals surface area contributed by atoms with E-state index in [0.717, 1.165) is 0 Å². The molecule has 16 heavy (non-hydrogen) atoms. The van der Waals surface area contributed by atoms with Gasteiger partial charge in [0.2, 0.25) is 0 Å². The Labute approximate surface area is 116 Å². The van der Waals surface area contributed by atoms with Crippen LogP contribution in [0.25, 0.3) is 0 Å². The molecule has 0 amide bonds. The number of hydrogen-bond donors (Lipinski definition) is 2. The first-order valence-electron chi connectivity index (χ1n) is 4.67. The lowest BCUT2D eigenvalue weighted by molar-refractivity contribution is 0.317. The number of halogens is 3.